The van der Waals surface area contributed by atoms with E-state index < -0.39 is 0 Å². The molecule has 0 unspecified atom stereocenters. The first-order valence-electron chi connectivity index (χ1n) is 9.42. The van der Waals surface area contributed by atoms with Gasteiger partial charge in [-0.3, -0.25) is 9.69 Å². The summed E-state index contributed by atoms with van der Waals surface area (Å²) in [7, 11) is 0. The van der Waals surface area contributed by atoms with Crippen molar-refractivity contribution < 1.29 is 0 Å². The molecular formula is C23H24N2OS. The number of anilines is 1. The molecule has 1 aromatic heterocycles. The van der Waals surface area contributed by atoms with Crippen molar-refractivity contribution in [3.8, 4) is 0 Å². The first kappa shape index (κ1) is 18.0. The first-order valence-corrected chi connectivity index (χ1v) is 10.3. The van der Waals surface area contributed by atoms with Crippen LogP contribution in [0, 0.1) is 6.92 Å². The third-order valence-corrected chi connectivity index (χ3v) is 6.05. The van der Waals surface area contributed by atoms with Gasteiger partial charge in [0.2, 0.25) is 5.43 Å². The molecule has 0 spiro atoms. The van der Waals surface area contributed by atoms with Gasteiger partial charge in [0, 0.05) is 48.2 Å². The zero-order valence-corrected chi connectivity index (χ0v) is 16.4. The summed E-state index contributed by atoms with van der Waals surface area (Å²) in [5.41, 5.74) is 3.40. The van der Waals surface area contributed by atoms with Gasteiger partial charge >= 0.3 is 0 Å². The van der Waals surface area contributed by atoms with Gasteiger partial charge in [-0.05, 0) is 24.6 Å². The fourth-order valence-corrected chi connectivity index (χ4v) is 4.45. The van der Waals surface area contributed by atoms with Gasteiger partial charge in [-0.2, -0.15) is 0 Å². The number of hydrogen-bond acceptors (Lipinski definition) is 4. The van der Waals surface area contributed by atoms with Crippen LogP contribution < -0.4 is 10.3 Å². The second-order valence-corrected chi connectivity index (χ2v) is 7.96. The molecule has 4 heteroatoms. The van der Waals surface area contributed by atoms with Crippen molar-refractivity contribution in [3.05, 3.63) is 81.3 Å². The molecule has 2 heterocycles. The van der Waals surface area contributed by atoms with Gasteiger partial charge in [0.25, 0.3) is 0 Å². The van der Waals surface area contributed by atoms with E-state index in [9.17, 15) is 4.79 Å². The van der Waals surface area contributed by atoms with E-state index in [4.69, 9.17) is 0 Å². The molecule has 0 radical (unpaired) electrons. The van der Waals surface area contributed by atoms with Crippen LogP contribution in [0.5, 0.6) is 0 Å². The molecule has 138 valence electrons. The fourth-order valence-electron chi connectivity index (χ4n) is 3.53. The average molecular weight is 377 g/mol. The second-order valence-electron chi connectivity index (χ2n) is 7.05. The summed E-state index contributed by atoms with van der Waals surface area (Å²) in [6.45, 7) is 6.76. The lowest BCUT2D eigenvalue weighted by Gasteiger charge is -2.35. The normalized spacial score (nSPS) is 15.7. The number of nitrogens with zero attached hydrogens (tertiary/aromatic N) is 2. The molecule has 3 nitrogen and oxygen atoms in total. The monoisotopic (exact) mass is 376 g/mol. The van der Waals surface area contributed by atoms with Crippen molar-refractivity contribution in [1.29, 1.82) is 0 Å². The van der Waals surface area contributed by atoms with Crippen LogP contribution in [0.15, 0.2) is 64.8 Å². The molecule has 2 aromatic carbocycles. The average Bonchev–Trinajstić information content (AvgIpc) is 2.70. The third kappa shape index (κ3) is 4.12. The van der Waals surface area contributed by atoms with Crippen LogP contribution in [0.2, 0.25) is 0 Å². The van der Waals surface area contributed by atoms with E-state index in [-0.39, 0.29) is 5.43 Å². The van der Waals surface area contributed by atoms with E-state index in [1.807, 2.05) is 24.4 Å². The van der Waals surface area contributed by atoms with Gasteiger partial charge in [-0.1, -0.05) is 54.1 Å². The fraction of sp³-hybridized carbons (Fsp3) is 0.261. The van der Waals surface area contributed by atoms with Gasteiger partial charge in [0.1, 0.15) is 0 Å². The topological polar surface area (TPSA) is 23.6 Å². The second kappa shape index (κ2) is 8.07. The highest BCUT2D eigenvalue weighted by Crippen LogP contribution is 2.23. The van der Waals surface area contributed by atoms with Crippen LogP contribution in [0.3, 0.4) is 0 Å². The molecule has 0 N–H and O–H groups in total. The Morgan fingerprint density at radius 3 is 2.59 bits per heavy atom. The Hall–Kier alpha value is -2.43. The van der Waals surface area contributed by atoms with Crippen LogP contribution in [0.4, 0.5) is 5.69 Å². The van der Waals surface area contributed by atoms with Crippen molar-refractivity contribution in [2.24, 2.45) is 0 Å². The Balaban J connectivity index is 1.41. The van der Waals surface area contributed by atoms with Crippen molar-refractivity contribution in [1.82, 2.24) is 4.90 Å². The number of benzene rings is 2. The standard InChI is InChI=1S/C23H24N2OS/c1-18-9-10-22-20(16-18)23(26)21(17-27-22)25-14-12-24(13-15-25)11-5-8-19-6-3-2-4-7-19/h2-10,16-17H,11-15H2,1H3/b8-5+. The molecule has 4 rings (SSSR count). The maximum absolute atomic E-state index is 12.9. The summed E-state index contributed by atoms with van der Waals surface area (Å²) in [4.78, 5) is 17.6. The Bertz CT molecular complexity index is 1000. The molecular weight excluding hydrogens is 352 g/mol. The third-order valence-electron chi connectivity index (χ3n) is 5.10. The Morgan fingerprint density at radius 1 is 1.04 bits per heavy atom. The number of fused-ring (bicyclic) bond motifs is 1. The van der Waals surface area contributed by atoms with E-state index >= 15 is 0 Å². The molecule has 1 aliphatic rings. The molecule has 3 aromatic rings. The van der Waals surface area contributed by atoms with Gasteiger partial charge in [0.05, 0.1) is 5.69 Å². The number of hydrogen-bond donors (Lipinski definition) is 0. The van der Waals surface area contributed by atoms with Crippen LogP contribution >= 0.6 is 11.3 Å². The summed E-state index contributed by atoms with van der Waals surface area (Å²) >= 11 is 1.67. The van der Waals surface area contributed by atoms with E-state index in [2.05, 4.69) is 58.4 Å². The maximum Gasteiger partial charge on any atom is 0.211 e. The van der Waals surface area contributed by atoms with Crippen LogP contribution in [0.1, 0.15) is 11.1 Å². The van der Waals surface area contributed by atoms with Crippen LogP contribution in [0.25, 0.3) is 16.2 Å². The first-order chi connectivity index (χ1) is 13.2. The van der Waals surface area contributed by atoms with Crippen LogP contribution in [-0.2, 0) is 0 Å². The minimum Gasteiger partial charge on any atom is -0.365 e. The summed E-state index contributed by atoms with van der Waals surface area (Å²) < 4.78 is 1.07. The molecule has 1 fully saturated rings. The SMILES string of the molecule is Cc1ccc2scc(N3CCN(C/C=C/c4ccccc4)CC3)c(=O)c2c1. The van der Waals surface area contributed by atoms with Crippen molar-refractivity contribution in [3.63, 3.8) is 0 Å². The van der Waals surface area contributed by atoms with E-state index in [0.717, 1.165) is 54.1 Å². The molecule has 0 bridgehead atoms. The largest absolute Gasteiger partial charge is 0.365 e. The zero-order valence-electron chi connectivity index (χ0n) is 15.6. The molecule has 0 amide bonds. The highest BCUT2D eigenvalue weighted by atomic mass is 32.1. The molecule has 0 atom stereocenters. The van der Waals surface area contributed by atoms with E-state index in [1.165, 1.54) is 5.56 Å². The lowest BCUT2D eigenvalue weighted by atomic mass is 10.1. The summed E-state index contributed by atoms with van der Waals surface area (Å²) in [6.07, 6.45) is 4.40. The highest BCUT2D eigenvalue weighted by molar-refractivity contribution is 7.16. The minimum absolute atomic E-state index is 0.171. The van der Waals surface area contributed by atoms with Gasteiger partial charge in [-0.25, -0.2) is 0 Å². The van der Waals surface area contributed by atoms with Crippen molar-refractivity contribution >= 4 is 33.2 Å². The Labute approximate surface area is 164 Å². The van der Waals surface area contributed by atoms with Crippen molar-refractivity contribution in [2.45, 2.75) is 6.92 Å². The minimum atomic E-state index is 0.171. The highest BCUT2D eigenvalue weighted by Gasteiger charge is 2.19. The van der Waals surface area contributed by atoms with Crippen molar-refractivity contribution in [2.75, 3.05) is 37.6 Å². The summed E-state index contributed by atoms with van der Waals surface area (Å²) in [5, 5.41) is 2.89. The number of rotatable bonds is 4. The summed E-state index contributed by atoms with van der Waals surface area (Å²) in [6, 6.07) is 16.5. The maximum atomic E-state index is 12.9. The lowest BCUT2D eigenvalue weighted by Crippen LogP contribution is -2.47. The molecule has 1 saturated heterocycles. The summed E-state index contributed by atoms with van der Waals surface area (Å²) in [5.74, 6) is 0. The van der Waals surface area contributed by atoms with E-state index in [0.29, 0.717) is 0 Å². The van der Waals surface area contributed by atoms with E-state index in [1.54, 1.807) is 11.3 Å². The lowest BCUT2D eigenvalue weighted by molar-refractivity contribution is 0.284. The predicted octanol–water partition coefficient (Wildman–Crippen LogP) is 4.41. The molecule has 27 heavy (non-hydrogen) atoms. The molecule has 0 aliphatic carbocycles. The number of aryl methyl sites for hydroxylation is 1. The Kier molecular flexibility index (Phi) is 5.37. The zero-order chi connectivity index (χ0) is 18.6. The molecule has 0 saturated carbocycles. The quantitative estimate of drug-likeness (QED) is 0.674. The predicted molar refractivity (Wildman–Crippen MR) is 117 cm³/mol. The molecule has 1 aliphatic heterocycles. The van der Waals surface area contributed by atoms with Gasteiger partial charge in [0.15, 0.2) is 0 Å². The smallest absolute Gasteiger partial charge is 0.211 e. The number of piperazine rings is 1. The van der Waals surface area contributed by atoms with Gasteiger partial charge in [-0.15, -0.1) is 11.3 Å². The van der Waals surface area contributed by atoms with Gasteiger partial charge < -0.3 is 4.90 Å². The Morgan fingerprint density at radius 2 is 1.81 bits per heavy atom. The van der Waals surface area contributed by atoms with Crippen LogP contribution in [-0.4, -0.2) is 37.6 Å².